The molecule has 0 aromatic heterocycles. The molecule has 5 heteroatoms. The smallest absolute Gasteiger partial charge is 0.304 e. The third-order valence-corrected chi connectivity index (χ3v) is 3.98. The summed E-state index contributed by atoms with van der Waals surface area (Å²) in [6.45, 7) is 8.51. The Morgan fingerprint density at radius 3 is 2.73 bits per heavy atom. The second-order valence-corrected chi connectivity index (χ2v) is 7.03. The Balaban J connectivity index is 2.13. The molecule has 0 fully saturated rings. The zero-order valence-corrected chi connectivity index (χ0v) is 13.6. The lowest BCUT2D eigenvalue weighted by atomic mass is 9.85. The van der Waals surface area contributed by atoms with Crippen LogP contribution in [0.3, 0.4) is 0 Å². The molecule has 122 valence electrons. The van der Waals surface area contributed by atoms with E-state index in [0.717, 1.165) is 11.1 Å². The molecule has 1 aliphatic heterocycles. The number of nitrogens with one attached hydrogen (secondary N) is 1. The number of hydrogen-bond acceptors (Lipinski definition) is 4. The van der Waals surface area contributed by atoms with Gasteiger partial charge in [0.2, 0.25) is 0 Å². The summed E-state index contributed by atoms with van der Waals surface area (Å²) >= 11 is 0. The Morgan fingerprint density at radius 2 is 2.14 bits per heavy atom. The van der Waals surface area contributed by atoms with E-state index in [1.165, 1.54) is 0 Å². The fourth-order valence-corrected chi connectivity index (χ4v) is 2.68. The first kappa shape index (κ1) is 16.8. The Bertz CT molecular complexity index is 550. The van der Waals surface area contributed by atoms with Crippen LogP contribution < -0.4 is 10.1 Å². The van der Waals surface area contributed by atoms with Crippen molar-refractivity contribution in [1.29, 1.82) is 0 Å². The van der Waals surface area contributed by atoms with Gasteiger partial charge in [-0.3, -0.25) is 4.79 Å². The average molecular weight is 307 g/mol. The highest BCUT2D eigenvalue weighted by Crippen LogP contribution is 2.36. The highest BCUT2D eigenvalue weighted by Gasteiger charge is 2.31. The van der Waals surface area contributed by atoms with E-state index in [-0.39, 0.29) is 23.9 Å². The summed E-state index contributed by atoms with van der Waals surface area (Å²) in [6.07, 6.45) is -0.687. The fourth-order valence-electron chi connectivity index (χ4n) is 2.68. The SMILES string of the molecule is CC(CC(=O)O)N[C@H]1COc2cc(C(C)(C)C)ccc2[C@H]1O. The second-order valence-electron chi connectivity index (χ2n) is 7.03. The number of rotatable bonds is 4. The van der Waals surface area contributed by atoms with Gasteiger partial charge in [0.25, 0.3) is 0 Å². The molecule has 1 aromatic carbocycles. The van der Waals surface area contributed by atoms with Gasteiger partial charge in [0, 0.05) is 11.6 Å². The van der Waals surface area contributed by atoms with Gasteiger partial charge in [0.1, 0.15) is 18.5 Å². The van der Waals surface area contributed by atoms with Gasteiger partial charge in [0.15, 0.2) is 0 Å². The van der Waals surface area contributed by atoms with Crippen LogP contribution in [-0.4, -0.2) is 34.9 Å². The minimum atomic E-state index is -0.860. The van der Waals surface area contributed by atoms with Crippen molar-refractivity contribution in [2.24, 2.45) is 0 Å². The van der Waals surface area contributed by atoms with Crippen LogP contribution in [0.15, 0.2) is 18.2 Å². The van der Waals surface area contributed by atoms with Crippen LogP contribution in [0.2, 0.25) is 0 Å². The molecule has 0 amide bonds. The zero-order chi connectivity index (χ0) is 16.5. The zero-order valence-electron chi connectivity index (χ0n) is 13.6. The van der Waals surface area contributed by atoms with Crippen LogP contribution >= 0.6 is 0 Å². The molecule has 2 rings (SSSR count). The van der Waals surface area contributed by atoms with E-state index in [2.05, 4.69) is 26.1 Å². The number of hydrogen-bond donors (Lipinski definition) is 3. The van der Waals surface area contributed by atoms with Gasteiger partial charge in [-0.25, -0.2) is 0 Å². The number of benzene rings is 1. The van der Waals surface area contributed by atoms with Crippen molar-refractivity contribution < 1.29 is 19.7 Å². The van der Waals surface area contributed by atoms with Crippen LogP contribution in [0.4, 0.5) is 0 Å². The largest absolute Gasteiger partial charge is 0.491 e. The van der Waals surface area contributed by atoms with Crippen LogP contribution in [0.25, 0.3) is 0 Å². The summed E-state index contributed by atoms with van der Waals surface area (Å²) in [4.78, 5) is 10.7. The number of aliphatic hydroxyl groups excluding tert-OH is 1. The van der Waals surface area contributed by atoms with Crippen molar-refractivity contribution in [3.8, 4) is 5.75 Å². The number of ether oxygens (including phenoxy) is 1. The summed E-state index contributed by atoms with van der Waals surface area (Å²) in [5.74, 6) is -0.148. The van der Waals surface area contributed by atoms with Crippen molar-refractivity contribution >= 4 is 5.97 Å². The van der Waals surface area contributed by atoms with E-state index in [1.807, 2.05) is 18.2 Å². The lowest BCUT2D eigenvalue weighted by Crippen LogP contribution is -2.47. The van der Waals surface area contributed by atoms with Gasteiger partial charge >= 0.3 is 5.97 Å². The van der Waals surface area contributed by atoms with Crippen LogP contribution in [-0.2, 0) is 10.2 Å². The molecule has 1 aromatic rings. The Hall–Kier alpha value is -1.59. The van der Waals surface area contributed by atoms with Crippen LogP contribution in [0.1, 0.15) is 51.3 Å². The highest BCUT2D eigenvalue weighted by molar-refractivity contribution is 5.67. The molecule has 0 radical (unpaired) electrons. The summed E-state index contributed by atoms with van der Waals surface area (Å²) in [5.41, 5.74) is 1.93. The molecule has 1 unspecified atom stereocenters. The molecule has 3 N–H and O–H groups in total. The first-order chi connectivity index (χ1) is 10.2. The number of aliphatic carboxylic acids is 1. The molecule has 0 spiro atoms. The van der Waals surface area contributed by atoms with Gasteiger partial charge in [-0.1, -0.05) is 32.9 Å². The number of carboxylic acid groups (broad SMARTS) is 1. The molecular weight excluding hydrogens is 282 g/mol. The van der Waals surface area contributed by atoms with E-state index < -0.39 is 12.1 Å². The molecule has 1 heterocycles. The number of carboxylic acids is 1. The molecule has 0 aliphatic carbocycles. The van der Waals surface area contributed by atoms with Gasteiger partial charge in [0.05, 0.1) is 12.5 Å². The predicted octanol–water partition coefficient (Wildman–Crippen LogP) is 2.23. The number of aliphatic hydroxyl groups is 1. The van der Waals surface area contributed by atoms with Gasteiger partial charge in [-0.05, 0) is 24.0 Å². The summed E-state index contributed by atoms with van der Waals surface area (Å²) < 4.78 is 5.78. The first-order valence-electron chi connectivity index (χ1n) is 7.61. The molecular formula is C17H25NO4. The monoisotopic (exact) mass is 307 g/mol. The maximum Gasteiger partial charge on any atom is 0.304 e. The molecule has 0 saturated carbocycles. The third kappa shape index (κ3) is 3.78. The first-order valence-corrected chi connectivity index (χ1v) is 7.61. The number of carbonyl (C=O) groups is 1. The average Bonchev–Trinajstić information content (AvgIpc) is 2.39. The summed E-state index contributed by atoms with van der Waals surface area (Å²) in [6, 6.07) is 5.36. The van der Waals surface area contributed by atoms with Crippen LogP contribution in [0.5, 0.6) is 5.75 Å². The summed E-state index contributed by atoms with van der Waals surface area (Å²) in [5, 5.41) is 22.4. The van der Waals surface area contributed by atoms with E-state index in [9.17, 15) is 9.90 Å². The minimum absolute atomic E-state index is 0.0129. The van der Waals surface area contributed by atoms with Gasteiger partial charge in [-0.2, -0.15) is 0 Å². The summed E-state index contributed by atoms with van der Waals surface area (Å²) in [7, 11) is 0. The van der Waals surface area contributed by atoms with Gasteiger partial charge < -0.3 is 20.3 Å². The fraction of sp³-hybridized carbons (Fsp3) is 0.588. The second kappa shape index (κ2) is 6.26. The number of fused-ring (bicyclic) bond motifs is 1. The third-order valence-electron chi connectivity index (χ3n) is 3.98. The van der Waals surface area contributed by atoms with E-state index in [0.29, 0.717) is 12.4 Å². The highest BCUT2D eigenvalue weighted by atomic mass is 16.5. The molecule has 5 nitrogen and oxygen atoms in total. The van der Waals surface area contributed by atoms with Crippen molar-refractivity contribution in [2.75, 3.05) is 6.61 Å². The van der Waals surface area contributed by atoms with E-state index in [4.69, 9.17) is 9.84 Å². The van der Waals surface area contributed by atoms with Crippen molar-refractivity contribution in [1.82, 2.24) is 5.32 Å². The van der Waals surface area contributed by atoms with Crippen molar-refractivity contribution in [3.05, 3.63) is 29.3 Å². The van der Waals surface area contributed by atoms with E-state index in [1.54, 1.807) is 6.92 Å². The Kier molecular flexibility index (Phi) is 4.78. The Morgan fingerprint density at radius 1 is 1.45 bits per heavy atom. The lowest BCUT2D eigenvalue weighted by molar-refractivity contribution is -0.137. The van der Waals surface area contributed by atoms with E-state index >= 15 is 0 Å². The molecule has 1 aliphatic rings. The van der Waals surface area contributed by atoms with Crippen LogP contribution in [0, 0.1) is 0 Å². The molecule has 3 atom stereocenters. The lowest BCUT2D eigenvalue weighted by Gasteiger charge is -2.33. The maximum atomic E-state index is 10.7. The maximum absolute atomic E-state index is 10.7. The quantitative estimate of drug-likeness (QED) is 0.795. The van der Waals surface area contributed by atoms with Gasteiger partial charge in [-0.15, -0.1) is 0 Å². The molecule has 0 saturated heterocycles. The van der Waals surface area contributed by atoms with Crippen molar-refractivity contribution in [2.45, 2.75) is 57.7 Å². The normalized spacial score (nSPS) is 22.6. The molecule has 0 bridgehead atoms. The minimum Gasteiger partial charge on any atom is -0.491 e. The standard InChI is InChI=1S/C17H25NO4/c1-10(7-15(19)20)18-13-9-22-14-8-11(17(2,3)4)5-6-12(14)16(13)21/h5-6,8,10,13,16,18,21H,7,9H2,1-4H3,(H,19,20)/t10?,13-,16+/m0/s1. The molecule has 22 heavy (non-hydrogen) atoms. The topological polar surface area (TPSA) is 78.8 Å². The predicted molar refractivity (Wildman–Crippen MR) is 84.2 cm³/mol. The Labute approximate surface area is 131 Å². The van der Waals surface area contributed by atoms with Crippen molar-refractivity contribution in [3.63, 3.8) is 0 Å².